The maximum Gasteiger partial charge on any atom is 0.472 e. The van der Waals surface area contributed by atoms with Gasteiger partial charge in [0.1, 0.15) is 12.7 Å². The minimum absolute atomic E-state index is 0.107. The van der Waals surface area contributed by atoms with Gasteiger partial charge in [-0.2, -0.15) is 0 Å². The van der Waals surface area contributed by atoms with Crippen molar-refractivity contribution in [2.75, 3.05) is 26.4 Å². The third-order valence-corrected chi connectivity index (χ3v) is 10.9. The Morgan fingerprint density at radius 2 is 1.17 bits per heavy atom. The van der Waals surface area contributed by atoms with Crippen LogP contribution in [0.5, 0.6) is 0 Å². The standard InChI is InChI=1S/C48H87O11P/c1-4-5-6-7-8-17-21-25-30-35-44(50)36-31-26-23-28-32-37-47(52)56-41-46(42-58-60(54,55)57-40-45(51)39-49)59-48(53)38-33-27-22-19-16-14-12-10-9-11-13-15-18-20-24-29-34-43(2)3/h8,17,23,25-26,30-31,36,43-46,49-51H,4-7,9-16,18-22,24,27-29,32-35,37-42H2,1-3H3,(H,54,55)/b17-8-,26-23+,30-25-,36-31-/t44?,45-,46+/m0/s1. The minimum Gasteiger partial charge on any atom is -0.462 e. The molecular formula is C48H87O11P. The van der Waals surface area contributed by atoms with Gasteiger partial charge >= 0.3 is 19.8 Å². The zero-order valence-electron chi connectivity index (χ0n) is 37.9. The van der Waals surface area contributed by atoms with Gasteiger partial charge in [0, 0.05) is 12.8 Å². The third kappa shape index (κ3) is 42.6. The van der Waals surface area contributed by atoms with E-state index in [1.165, 1.54) is 103 Å². The molecule has 0 rings (SSSR count). The molecule has 0 aromatic rings. The summed E-state index contributed by atoms with van der Waals surface area (Å²) in [6, 6.07) is 0. The lowest BCUT2D eigenvalue weighted by atomic mass is 10.0. The van der Waals surface area contributed by atoms with E-state index in [1.807, 2.05) is 18.2 Å². The van der Waals surface area contributed by atoms with Crippen LogP contribution in [0, 0.1) is 5.92 Å². The fourth-order valence-electron chi connectivity index (χ4n) is 6.31. The van der Waals surface area contributed by atoms with E-state index in [2.05, 4.69) is 43.5 Å². The normalized spacial score (nSPS) is 14.8. The minimum atomic E-state index is -4.65. The topological polar surface area (TPSA) is 169 Å². The van der Waals surface area contributed by atoms with E-state index in [0.717, 1.165) is 38.0 Å². The van der Waals surface area contributed by atoms with Crippen LogP contribution in [-0.2, 0) is 32.7 Å². The molecule has 0 aromatic carbocycles. The molecule has 4 atom stereocenters. The van der Waals surface area contributed by atoms with Crippen molar-refractivity contribution in [2.45, 2.75) is 212 Å². The molecule has 4 N–H and O–H groups in total. The fourth-order valence-corrected chi connectivity index (χ4v) is 7.10. The number of aliphatic hydroxyl groups is 3. The second-order valence-electron chi connectivity index (χ2n) is 16.5. The Morgan fingerprint density at radius 3 is 1.77 bits per heavy atom. The number of hydrogen-bond donors (Lipinski definition) is 4. The van der Waals surface area contributed by atoms with E-state index < -0.39 is 57.9 Å². The summed E-state index contributed by atoms with van der Waals surface area (Å²) >= 11 is 0. The lowest BCUT2D eigenvalue weighted by molar-refractivity contribution is -0.161. The molecule has 11 nitrogen and oxygen atoms in total. The second kappa shape index (κ2) is 42.2. The van der Waals surface area contributed by atoms with Crippen LogP contribution in [0.4, 0.5) is 0 Å². The highest BCUT2D eigenvalue weighted by atomic mass is 31.2. The van der Waals surface area contributed by atoms with Gasteiger partial charge in [0.15, 0.2) is 6.10 Å². The van der Waals surface area contributed by atoms with Gasteiger partial charge in [0.2, 0.25) is 0 Å². The molecule has 0 aliphatic rings. The SMILES string of the molecule is CCCCC/C=C\C/C=C\CC(O)/C=C\C=C\CCCC(=O)OC[C@H](COP(=O)(O)OC[C@@H](O)CO)OC(=O)CCCCCCCCCCCCCCCCCCC(C)C. The van der Waals surface area contributed by atoms with Crippen molar-refractivity contribution in [1.29, 1.82) is 0 Å². The molecule has 0 fully saturated rings. The Balaban J connectivity index is 4.39. The molecular weight excluding hydrogens is 783 g/mol. The van der Waals surface area contributed by atoms with Gasteiger partial charge in [0.05, 0.1) is 25.9 Å². The van der Waals surface area contributed by atoms with Gasteiger partial charge in [-0.15, -0.1) is 0 Å². The molecule has 0 aliphatic carbocycles. The van der Waals surface area contributed by atoms with Gasteiger partial charge in [0.25, 0.3) is 0 Å². The van der Waals surface area contributed by atoms with E-state index in [-0.39, 0.29) is 19.4 Å². The predicted molar refractivity (Wildman–Crippen MR) is 243 cm³/mol. The molecule has 0 amide bonds. The molecule has 0 bridgehead atoms. The number of aliphatic hydroxyl groups excluding tert-OH is 3. The van der Waals surface area contributed by atoms with Gasteiger partial charge in [-0.3, -0.25) is 18.6 Å². The van der Waals surface area contributed by atoms with E-state index in [9.17, 15) is 29.3 Å². The molecule has 350 valence electrons. The van der Waals surface area contributed by atoms with Crippen LogP contribution in [0.15, 0.2) is 48.6 Å². The average molecular weight is 871 g/mol. The summed E-state index contributed by atoms with van der Waals surface area (Å²) in [6.07, 6.45) is 41.1. The highest BCUT2D eigenvalue weighted by Gasteiger charge is 2.27. The van der Waals surface area contributed by atoms with Crippen molar-refractivity contribution in [3.8, 4) is 0 Å². The number of ether oxygens (including phenoxy) is 2. The number of rotatable bonds is 43. The lowest BCUT2D eigenvalue weighted by Gasteiger charge is -2.20. The predicted octanol–water partition coefficient (Wildman–Crippen LogP) is 11.7. The monoisotopic (exact) mass is 871 g/mol. The number of carbonyl (C=O) groups excluding carboxylic acids is 2. The molecule has 0 saturated carbocycles. The Bertz CT molecular complexity index is 1170. The molecule has 0 aromatic heterocycles. The van der Waals surface area contributed by atoms with E-state index in [1.54, 1.807) is 12.2 Å². The zero-order chi connectivity index (χ0) is 44.4. The van der Waals surface area contributed by atoms with Gasteiger partial charge in [-0.1, -0.05) is 185 Å². The summed E-state index contributed by atoms with van der Waals surface area (Å²) in [5.41, 5.74) is 0. The van der Waals surface area contributed by atoms with Crippen LogP contribution in [-0.4, -0.2) is 76.9 Å². The van der Waals surface area contributed by atoms with Crippen molar-refractivity contribution in [1.82, 2.24) is 0 Å². The first-order chi connectivity index (χ1) is 29.0. The first kappa shape index (κ1) is 57.9. The average Bonchev–Trinajstić information content (AvgIpc) is 3.22. The van der Waals surface area contributed by atoms with Gasteiger partial charge < -0.3 is 29.7 Å². The maximum atomic E-state index is 12.6. The summed E-state index contributed by atoms with van der Waals surface area (Å²) < 4.78 is 32.7. The Kier molecular flexibility index (Phi) is 40.7. The molecule has 0 spiro atoms. The number of carbonyl (C=O) groups is 2. The van der Waals surface area contributed by atoms with Crippen molar-refractivity contribution in [3.05, 3.63) is 48.6 Å². The smallest absolute Gasteiger partial charge is 0.462 e. The lowest BCUT2D eigenvalue weighted by Crippen LogP contribution is -2.29. The summed E-state index contributed by atoms with van der Waals surface area (Å²) in [5, 5.41) is 28.5. The largest absolute Gasteiger partial charge is 0.472 e. The van der Waals surface area contributed by atoms with Crippen LogP contribution < -0.4 is 0 Å². The molecule has 60 heavy (non-hydrogen) atoms. The highest BCUT2D eigenvalue weighted by Crippen LogP contribution is 2.43. The van der Waals surface area contributed by atoms with Crippen LogP contribution in [0.3, 0.4) is 0 Å². The van der Waals surface area contributed by atoms with Crippen molar-refractivity contribution < 1.29 is 52.9 Å². The van der Waals surface area contributed by atoms with Crippen LogP contribution in [0.2, 0.25) is 0 Å². The van der Waals surface area contributed by atoms with E-state index in [4.69, 9.17) is 19.1 Å². The molecule has 0 radical (unpaired) electrons. The summed E-state index contributed by atoms with van der Waals surface area (Å²) in [5.74, 6) is -0.224. The quantitative estimate of drug-likeness (QED) is 0.0151. The summed E-state index contributed by atoms with van der Waals surface area (Å²) in [4.78, 5) is 35.1. The molecule has 12 heteroatoms. The highest BCUT2D eigenvalue weighted by molar-refractivity contribution is 7.47. The number of esters is 2. The number of hydrogen-bond acceptors (Lipinski definition) is 10. The molecule has 0 heterocycles. The van der Waals surface area contributed by atoms with Crippen LogP contribution >= 0.6 is 7.82 Å². The van der Waals surface area contributed by atoms with Crippen LogP contribution in [0.1, 0.15) is 194 Å². The van der Waals surface area contributed by atoms with Gasteiger partial charge in [-0.25, -0.2) is 4.57 Å². The van der Waals surface area contributed by atoms with Crippen molar-refractivity contribution >= 4 is 19.8 Å². The van der Waals surface area contributed by atoms with Gasteiger partial charge in [-0.05, 0) is 50.9 Å². The first-order valence-electron chi connectivity index (χ1n) is 23.6. The Labute approximate surface area is 365 Å². The number of phosphoric ester groups is 1. The number of phosphoric acid groups is 1. The zero-order valence-corrected chi connectivity index (χ0v) is 38.8. The number of unbranched alkanes of at least 4 members (excludes halogenated alkanes) is 19. The summed E-state index contributed by atoms with van der Waals surface area (Å²) in [6.45, 7) is 4.55. The Morgan fingerprint density at radius 1 is 0.617 bits per heavy atom. The fraction of sp³-hybridized carbons (Fsp3) is 0.792. The van der Waals surface area contributed by atoms with Crippen LogP contribution in [0.25, 0.3) is 0 Å². The second-order valence-corrected chi connectivity index (χ2v) is 17.9. The molecule has 0 aliphatic heterocycles. The Hall–Kier alpha value is -2.11. The third-order valence-electron chi connectivity index (χ3n) is 9.99. The number of allylic oxidation sites excluding steroid dienone is 6. The first-order valence-corrected chi connectivity index (χ1v) is 25.1. The van der Waals surface area contributed by atoms with E-state index in [0.29, 0.717) is 25.7 Å². The molecule has 0 saturated heterocycles. The van der Waals surface area contributed by atoms with E-state index >= 15 is 0 Å². The molecule has 2 unspecified atom stereocenters. The summed E-state index contributed by atoms with van der Waals surface area (Å²) in [7, 11) is -4.65. The maximum absolute atomic E-state index is 12.6. The van der Waals surface area contributed by atoms with Crippen molar-refractivity contribution in [3.63, 3.8) is 0 Å². The van der Waals surface area contributed by atoms with Crippen molar-refractivity contribution in [2.24, 2.45) is 5.92 Å².